The van der Waals surface area contributed by atoms with Gasteiger partial charge in [-0.2, -0.15) is 8.42 Å². The highest BCUT2D eigenvalue weighted by Gasteiger charge is 2.25. The van der Waals surface area contributed by atoms with Crippen LogP contribution in [0.4, 0.5) is 5.69 Å². The average molecular weight is 511 g/mol. The minimum atomic E-state index is -4.43. The molecule has 6 N–H and O–H groups in total. The van der Waals surface area contributed by atoms with Crippen LogP contribution < -0.4 is 21.1 Å². The second-order valence-corrected chi connectivity index (χ2v) is 9.14. The summed E-state index contributed by atoms with van der Waals surface area (Å²) in [5.74, 6) is -2.35. The summed E-state index contributed by atoms with van der Waals surface area (Å²) >= 11 is 0. The molecular formula is C25H26N4O6S. The van der Waals surface area contributed by atoms with E-state index >= 15 is 0 Å². The first-order valence-electron chi connectivity index (χ1n) is 10.9. The standard InChI is InChI=1S/C25H26N4O6S/c26-23(30)21(18-7-3-1-4-8-18)16-27-25(32)22(28-24(31)19-9-5-2-6-10-19)15-17-11-13-20(14-12-17)29-36(33,34)35/h1-14,21-22,29H,15-16H2,(H2,26,30)(H,27,32)(H,28,31)(H,33,34,35)/t21-,22?/m0/s1. The molecule has 0 heterocycles. The first-order chi connectivity index (χ1) is 17.1. The lowest BCUT2D eigenvalue weighted by molar-refractivity contribution is -0.123. The molecule has 0 saturated heterocycles. The lowest BCUT2D eigenvalue weighted by Gasteiger charge is -2.21. The Morgan fingerprint density at radius 3 is 2.00 bits per heavy atom. The summed E-state index contributed by atoms with van der Waals surface area (Å²) in [6.07, 6.45) is 0.0726. The second-order valence-electron chi connectivity index (χ2n) is 7.98. The summed E-state index contributed by atoms with van der Waals surface area (Å²) in [5, 5.41) is 5.41. The Morgan fingerprint density at radius 1 is 0.861 bits per heavy atom. The van der Waals surface area contributed by atoms with Crippen LogP contribution in [-0.4, -0.2) is 43.3 Å². The van der Waals surface area contributed by atoms with Gasteiger partial charge in [-0.3, -0.25) is 23.7 Å². The maximum atomic E-state index is 13.1. The van der Waals surface area contributed by atoms with E-state index < -0.39 is 40.0 Å². The van der Waals surface area contributed by atoms with E-state index in [0.717, 1.165) is 0 Å². The predicted molar refractivity (Wildman–Crippen MR) is 134 cm³/mol. The number of benzene rings is 3. The minimum absolute atomic E-state index is 0.0624. The molecule has 3 aromatic rings. The fourth-order valence-corrected chi connectivity index (χ4v) is 3.96. The molecule has 0 aliphatic carbocycles. The minimum Gasteiger partial charge on any atom is -0.369 e. The van der Waals surface area contributed by atoms with Crippen molar-refractivity contribution in [2.75, 3.05) is 11.3 Å². The van der Waals surface area contributed by atoms with Gasteiger partial charge in [-0.1, -0.05) is 60.7 Å². The third kappa shape index (κ3) is 7.93. The Bertz CT molecular complexity index is 1300. The Balaban J connectivity index is 1.76. The quantitative estimate of drug-likeness (QED) is 0.246. The molecule has 0 aliphatic heterocycles. The van der Waals surface area contributed by atoms with E-state index in [9.17, 15) is 22.8 Å². The van der Waals surface area contributed by atoms with Gasteiger partial charge in [0.1, 0.15) is 6.04 Å². The number of carbonyl (C=O) groups excluding carboxylic acids is 3. The highest BCUT2D eigenvalue weighted by molar-refractivity contribution is 7.87. The molecule has 0 aliphatic rings. The number of rotatable bonds is 11. The van der Waals surface area contributed by atoms with Gasteiger partial charge in [0.05, 0.1) is 11.6 Å². The van der Waals surface area contributed by atoms with Gasteiger partial charge in [-0.15, -0.1) is 0 Å². The van der Waals surface area contributed by atoms with Gasteiger partial charge in [0, 0.05) is 18.5 Å². The smallest absolute Gasteiger partial charge is 0.357 e. The molecule has 3 rings (SSSR count). The fraction of sp³-hybridized carbons (Fsp3) is 0.160. The number of nitrogens with two attached hydrogens (primary N) is 1. The van der Waals surface area contributed by atoms with Gasteiger partial charge in [-0.25, -0.2) is 0 Å². The lowest BCUT2D eigenvalue weighted by atomic mass is 9.98. The normalized spacial score (nSPS) is 12.7. The third-order valence-electron chi connectivity index (χ3n) is 5.32. The highest BCUT2D eigenvalue weighted by atomic mass is 32.2. The molecule has 36 heavy (non-hydrogen) atoms. The van der Waals surface area contributed by atoms with Crippen LogP contribution in [0.3, 0.4) is 0 Å². The average Bonchev–Trinajstić information content (AvgIpc) is 2.85. The molecular weight excluding hydrogens is 484 g/mol. The van der Waals surface area contributed by atoms with Crippen molar-refractivity contribution in [3.05, 3.63) is 102 Å². The zero-order valence-corrected chi connectivity index (χ0v) is 19.9. The Morgan fingerprint density at radius 2 is 1.44 bits per heavy atom. The molecule has 2 atom stereocenters. The van der Waals surface area contributed by atoms with Crippen LogP contribution in [0.25, 0.3) is 0 Å². The number of primary amides is 1. The monoisotopic (exact) mass is 510 g/mol. The van der Waals surface area contributed by atoms with Crippen LogP contribution in [0.1, 0.15) is 27.4 Å². The van der Waals surface area contributed by atoms with Gasteiger partial charge >= 0.3 is 10.3 Å². The Hall–Kier alpha value is -4.22. The van der Waals surface area contributed by atoms with E-state index in [0.29, 0.717) is 16.7 Å². The maximum absolute atomic E-state index is 13.1. The summed E-state index contributed by atoms with van der Waals surface area (Å²) in [5.41, 5.74) is 7.29. The molecule has 0 radical (unpaired) electrons. The Labute approximate surface area is 208 Å². The topological polar surface area (TPSA) is 168 Å². The Kier molecular flexibility index (Phi) is 8.76. The number of hydrogen-bond acceptors (Lipinski definition) is 5. The molecule has 0 spiro atoms. The number of amides is 3. The summed E-state index contributed by atoms with van der Waals surface area (Å²) in [7, 11) is -4.43. The third-order valence-corrected chi connectivity index (χ3v) is 5.82. The van der Waals surface area contributed by atoms with Crippen LogP contribution in [0, 0.1) is 0 Å². The number of hydrogen-bond donors (Lipinski definition) is 5. The van der Waals surface area contributed by atoms with E-state index in [1.807, 2.05) is 4.72 Å². The SMILES string of the molecule is NC(=O)[C@@H](CNC(=O)C(Cc1ccc(NS(=O)(=O)O)cc1)NC(=O)c1ccccc1)c1ccccc1. The maximum Gasteiger partial charge on any atom is 0.357 e. The van der Waals surface area contributed by atoms with Gasteiger partial charge in [0.25, 0.3) is 5.91 Å². The van der Waals surface area contributed by atoms with Crippen LogP contribution in [0.2, 0.25) is 0 Å². The van der Waals surface area contributed by atoms with Crippen molar-refractivity contribution in [1.29, 1.82) is 0 Å². The van der Waals surface area contributed by atoms with Crippen molar-refractivity contribution in [1.82, 2.24) is 10.6 Å². The van der Waals surface area contributed by atoms with Crippen LogP contribution >= 0.6 is 0 Å². The molecule has 0 bridgehead atoms. The fourth-order valence-electron chi connectivity index (χ4n) is 3.53. The predicted octanol–water partition coefficient (Wildman–Crippen LogP) is 1.63. The van der Waals surface area contributed by atoms with Crippen molar-refractivity contribution >= 4 is 33.7 Å². The summed E-state index contributed by atoms with van der Waals surface area (Å²) in [6, 6.07) is 22.1. The summed E-state index contributed by atoms with van der Waals surface area (Å²) in [6.45, 7) is -0.0624. The number of nitrogens with one attached hydrogen (secondary N) is 3. The van der Waals surface area contributed by atoms with Gasteiger partial charge in [0.2, 0.25) is 11.8 Å². The molecule has 0 fully saturated rings. The van der Waals surface area contributed by atoms with Crippen LogP contribution in [0.5, 0.6) is 0 Å². The second kappa shape index (κ2) is 12.0. The van der Waals surface area contributed by atoms with Gasteiger partial charge < -0.3 is 16.4 Å². The van der Waals surface area contributed by atoms with Gasteiger partial charge in [-0.05, 0) is 35.4 Å². The van der Waals surface area contributed by atoms with Crippen molar-refractivity contribution in [2.45, 2.75) is 18.4 Å². The van der Waals surface area contributed by atoms with E-state index in [2.05, 4.69) is 10.6 Å². The van der Waals surface area contributed by atoms with Crippen LogP contribution in [-0.2, 0) is 26.3 Å². The van der Waals surface area contributed by atoms with Gasteiger partial charge in [0.15, 0.2) is 0 Å². The molecule has 11 heteroatoms. The first-order valence-corrected chi connectivity index (χ1v) is 12.4. The molecule has 188 valence electrons. The number of anilines is 1. The van der Waals surface area contributed by atoms with Crippen molar-refractivity contribution in [2.24, 2.45) is 5.73 Å². The summed E-state index contributed by atoms with van der Waals surface area (Å²) in [4.78, 5) is 37.9. The molecule has 3 aromatic carbocycles. The molecule has 0 saturated carbocycles. The lowest BCUT2D eigenvalue weighted by Crippen LogP contribution is -2.49. The van der Waals surface area contributed by atoms with Crippen LogP contribution in [0.15, 0.2) is 84.9 Å². The van der Waals surface area contributed by atoms with E-state index in [1.165, 1.54) is 12.1 Å². The zero-order chi connectivity index (χ0) is 26.1. The van der Waals surface area contributed by atoms with E-state index in [-0.39, 0.29) is 18.7 Å². The van der Waals surface area contributed by atoms with E-state index in [4.69, 9.17) is 10.3 Å². The summed E-state index contributed by atoms with van der Waals surface area (Å²) < 4.78 is 32.8. The van der Waals surface area contributed by atoms with Crippen molar-refractivity contribution in [3.63, 3.8) is 0 Å². The molecule has 10 nitrogen and oxygen atoms in total. The van der Waals surface area contributed by atoms with E-state index in [1.54, 1.807) is 72.8 Å². The first kappa shape index (κ1) is 26.4. The molecule has 3 amide bonds. The zero-order valence-electron chi connectivity index (χ0n) is 19.1. The molecule has 1 unspecified atom stereocenters. The largest absolute Gasteiger partial charge is 0.369 e. The molecule has 0 aromatic heterocycles. The van der Waals surface area contributed by atoms with Crippen molar-refractivity contribution < 1.29 is 27.4 Å². The highest BCUT2D eigenvalue weighted by Crippen LogP contribution is 2.15. The van der Waals surface area contributed by atoms with Crippen molar-refractivity contribution in [3.8, 4) is 0 Å². The number of carbonyl (C=O) groups is 3.